The zero-order chi connectivity index (χ0) is 13.2. The lowest BCUT2D eigenvalue weighted by Gasteiger charge is -2.36. The van der Waals surface area contributed by atoms with Gasteiger partial charge in [0.15, 0.2) is 5.54 Å². The Balaban J connectivity index is 2.17. The van der Waals surface area contributed by atoms with Gasteiger partial charge >= 0.3 is 0 Å². The van der Waals surface area contributed by atoms with Crippen molar-refractivity contribution in [3.63, 3.8) is 0 Å². The maximum absolute atomic E-state index is 12.6. The van der Waals surface area contributed by atoms with E-state index in [2.05, 4.69) is 0 Å². The molecule has 0 radical (unpaired) electrons. The van der Waals surface area contributed by atoms with Gasteiger partial charge in [0.25, 0.3) is 0 Å². The molecule has 1 aliphatic heterocycles. The fourth-order valence-corrected chi connectivity index (χ4v) is 2.47. The highest BCUT2D eigenvalue weighted by Crippen LogP contribution is 2.11. The Bertz CT molecular complexity index is 417. The van der Waals surface area contributed by atoms with Crippen LogP contribution < -0.4 is 4.90 Å². The van der Waals surface area contributed by atoms with Crippen molar-refractivity contribution < 1.29 is 14.4 Å². The monoisotopic (exact) mass is 248 g/mol. The molecule has 2 rings (SSSR count). The highest BCUT2D eigenvalue weighted by Gasteiger charge is 2.39. The molecule has 0 bridgehead atoms. The van der Waals surface area contributed by atoms with Crippen molar-refractivity contribution >= 4 is 5.78 Å². The predicted molar refractivity (Wildman–Crippen MR) is 71.1 cm³/mol. The summed E-state index contributed by atoms with van der Waals surface area (Å²) in [4.78, 5) is 13.9. The van der Waals surface area contributed by atoms with Crippen molar-refractivity contribution in [2.75, 3.05) is 26.3 Å². The molecule has 1 aromatic rings. The minimum Gasteiger partial charge on any atom is -0.370 e. The van der Waals surface area contributed by atoms with Crippen LogP contribution in [0.15, 0.2) is 24.3 Å². The van der Waals surface area contributed by atoms with E-state index >= 15 is 0 Å². The van der Waals surface area contributed by atoms with Crippen molar-refractivity contribution in [3.8, 4) is 0 Å². The Labute approximate surface area is 109 Å². The average Bonchev–Trinajstić information content (AvgIpc) is 2.40. The lowest BCUT2D eigenvalue weighted by molar-refractivity contribution is -0.944. The molecule has 3 heteroatoms. The van der Waals surface area contributed by atoms with E-state index in [1.54, 1.807) is 0 Å². The number of aryl methyl sites for hydroxylation is 1. The number of morpholine rings is 1. The molecule has 1 fully saturated rings. The number of quaternary nitrogens is 1. The lowest BCUT2D eigenvalue weighted by Crippen LogP contribution is -3.22. The topological polar surface area (TPSA) is 30.7 Å². The summed E-state index contributed by atoms with van der Waals surface area (Å²) in [7, 11) is 0. The van der Waals surface area contributed by atoms with E-state index in [-0.39, 0.29) is 11.3 Å². The Morgan fingerprint density at radius 1 is 1.17 bits per heavy atom. The van der Waals surface area contributed by atoms with Crippen LogP contribution in [0.2, 0.25) is 0 Å². The van der Waals surface area contributed by atoms with Gasteiger partial charge in [-0.2, -0.15) is 0 Å². The van der Waals surface area contributed by atoms with Gasteiger partial charge in [-0.05, 0) is 20.8 Å². The van der Waals surface area contributed by atoms with Crippen LogP contribution in [0.4, 0.5) is 0 Å². The first-order valence-corrected chi connectivity index (χ1v) is 6.56. The lowest BCUT2D eigenvalue weighted by atomic mass is 9.90. The number of benzene rings is 1. The van der Waals surface area contributed by atoms with Gasteiger partial charge in [-0.1, -0.05) is 29.8 Å². The van der Waals surface area contributed by atoms with Crippen LogP contribution in [-0.4, -0.2) is 37.6 Å². The van der Waals surface area contributed by atoms with E-state index in [1.165, 1.54) is 10.5 Å². The molecule has 0 amide bonds. The number of hydrogen-bond donors (Lipinski definition) is 1. The molecule has 0 aliphatic carbocycles. The Kier molecular flexibility index (Phi) is 3.83. The Hall–Kier alpha value is -1.19. The van der Waals surface area contributed by atoms with Gasteiger partial charge in [-0.15, -0.1) is 0 Å². The molecule has 0 aromatic heterocycles. The van der Waals surface area contributed by atoms with E-state index in [9.17, 15) is 4.79 Å². The van der Waals surface area contributed by atoms with Crippen LogP contribution in [0.5, 0.6) is 0 Å². The fraction of sp³-hybridized carbons (Fsp3) is 0.533. The SMILES string of the molecule is Cc1ccc(C(=O)C(C)(C)[NH+]2CCOCC2)cc1. The Morgan fingerprint density at radius 3 is 2.28 bits per heavy atom. The summed E-state index contributed by atoms with van der Waals surface area (Å²) in [5.41, 5.74) is 1.62. The third-order valence-corrected chi connectivity index (χ3v) is 3.86. The van der Waals surface area contributed by atoms with E-state index in [1.807, 2.05) is 45.0 Å². The zero-order valence-corrected chi connectivity index (χ0v) is 11.5. The van der Waals surface area contributed by atoms with Crippen LogP contribution >= 0.6 is 0 Å². The summed E-state index contributed by atoms with van der Waals surface area (Å²) >= 11 is 0. The summed E-state index contributed by atoms with van der Waals surface area (Å²) in [6.07, 6.45) is 0. The van der Waals surface area contributed by atoms with Crippen molar-refractivity contribution in [2.45, 2.75) is 26.3 Å². The first-order valence-electron chi connectivity index (χ1n) is 6.56. The van der Waals surface area contributed by atoms with Crippen molar-refractivity contribution in [2.24, 2.45) is 0 Å². The largest absolute Gasteiger partial charge is 0.370 e. The third-order valence-electron chi connectivity index (χ3n) is 3.86. The number of nitrogens with one attached hydrogen (secondary N) is 1. The second-order valence-electron chi connectivity index (χ2n) is 5.54. The molecule has 18 heavy (non-hydrogen) atoms. The third kappa shape index (κ3) is 2.62. The molecule has 0 spiro atoms. The first kappa shape index (κ1) is 13.2. The van der Waals surface area contributed by atoms with Crippen LogP contribution in [0.3, 0.4) is 0 Å². The van der Waals surface area contributed by atoms with Crippen LogP contribution in [0.25, 0.3) is 0 Å². The number of Topliss-reactive ketones (excluding diaryl/α,β-unsaturated/α-hetero) is 1. The molecule has 1 N–H and O–H groups in total. The number of carbonyl (C=O) groups is 1. The van der Waals surface area contributed by atoms with Gasteiger partial charge in [0, 0.05) is 5.56 Å². The number of hydrogen-bond acceptors (Lipinski definition) is 2. The molecule has 3 nitrogen and oxygen atoms in total. The normalized spacial score (nSPS) is 17.7. The van der Waals surface area contributed by atoms with Gasteiger partial charge in [0.05, 0.1) is 13.2 Å². The minimum atomic E-state index is -0.376. The second-order valence-corrected chi connectivity index (χ2v) is 5.54. The van der Waals surface area contributed by atoms with Crippen molar-refractivity contribution in [1.29, 1.82) is 0 Å². The summed E-state index contributed by atoms with van der Waals surface area (Å²) in [6, 6.07) is 7.86. The number of carbonyl (C=O) groups excluding carboxylic acids is 1. The molecule has 1 saturated heterocycles. The second kappa shape index (κ2) is 5.21. The van der Waals surface area contributed by atoms with Crippen LogP contribution in [-0.2, 0) is 4.74 Å². The molecule has 1 aromatic carbocycles. The molecule has 0 unspecified atom stereocenters. The van der Waals surface area contributed by atoms with Crippen molar-refractivity contribution in [1.82, 2.24) is 0 Å². The van der Waals surface area contributed by atoms with E-state index in [0.717, 1.165) is 31.9 Å². The van der Waals surface area contributed by atoms with Crippen LogP contribution in [0.1, 0.15) is 29.8 Å². The smallest absolute Gasteiger partial charge is 0.222 e. The van der Waals surface area contributed by atoms with E-state index in [4.69, 9.17) is 4.74 Å². The quantitative estimate of drug-likeness (QED) is 0.805. The van der Waals surface area contributed by atoms with E-state index < -0.39 is 0 Å². The molecule has 1 aliphatic rings. The summed E-state index contributed by atoms with van der Waals surface area (Å²) in [6.45, 7) is 9.42. The molecule has 1 heterocycles. The molecular formula is C15H22NO2+. The predicted octanol–water partition coefficient (Wildman–Crippen LogP) is 0.871. The maximum Gasteiger partial charge on any atom is 0.222 e. The Morgan fingerprint density at radius 2 is 1.72 bits per heavy atom. The standard InChI is InChI=1S/C15H21NO2/c1-12-4-6-13(7-5-12)14(17)15(2,3)16-8-10-18-11-9-16/h4-7H,8-11H2,1-3H3/p+1. The highest BCUT2D eigenvalue weighted by molar-refractivity contribution is 6.01. The fourth-order valence-electron chi connectivity index (χ4n) is 2.47. The van der Waals surface area contributed by atoms with Gasteiger partial charge in [-0.25, -0.2) is 0 Å². The molecular weight excluding hydrogens is 226 g/mol. The van der Waals surface area contributed by atoms with Gasteiger partial charge in [0.1, 0.15) is 13.1 Å². The van der Waals surface area contributed by atoms with Crippen LogP contribution in [0, 0.1) is 6.92 Å². The molecule has 0 atom stereocenters. The summed E-state index contributed by atoms with van der Waals surface area (Å²) in [5, 5.41) is 0. The zero-order valence-electron chi connectivity index (χ0n) is 11.5. The summed E-state index contributed by atoms with van der Waals surface area (Å²) in [5.74, 6) is 0.222. The number of ketones is 1. The molecule has 98 valence electrons. The van der Waals surface area contributed by atoms with Crippen molar-refractivity contribution in [3.05, 3.63) is 35.4 Å². The van der Waals surface area contributed by atoms with E-state index in [0.29, 0.717) is 0 Å². The van der Waals surface area contributed by atoms with Gasteiger partial charge < -0.3 is 9.64 Å². The minimum absolute atomic E-state index is 0.222. The number of rotatable bonds is 3. The average molecular weight is 248 g/mol. The first-order chi connectivity index (χ1) is 8.51. The van der Waals surface area contributed by atoms with Gasteiger partial charge in [0.2, 0.25) is 5.78 Å². The van der Waals surface area contributed by atoms with Gasteiger partial charge in [-0.3, -0.25) is 4.79 Å². The molecule has 0 saturated carbocycles. The summed E-state index contributed by atoms with van der Waals surface area (Å²) < 4.78 is 5.36. The highest BCUT2D eigenvalue weighted by atomic mass is 16.5. The maximum atomic E-state index is 12.6. The number of ether oxygens (including phenoxy) is 1.